The minimum atomic E-state index is 0.866. The first kappa shape index (κ1) is 12.3. The maximum atomic E-state index is 4.37. The average Bonchev–Trinajstić information content (AvgIpc) is 2.48. The molecule has 0 unspecified atom stereocenters. The van der Waals surface area contributed by atoms with Crippen LogP contribution in [0, 0.1) is 3.57 Å². The van der Waals surface area contributed by atoms with Gasteiger partial charge in [0.15, 0.2) is 0 Å². The van der Waals surface area contributed by atoms with E-state index in [2.05, 4.69) is 51.0 Å². The normalized spacial score (nSPS) is 11.2. The molecule has 2 nitrogen and oxygen atoms in total. The highest BCUT2D eigenvalue weighted by atomic mass is 127. The smallest absolute Gasteiger partial charge is 0.0936 e. The van der Waals surface area contributed by atoms with Crippen molar-refractivity contribution in [1.29, 1.82) is 0 Å². The van der Waals surface area contributed by atoms with Crippen molar-refractivity contribution in [3.05, 3.63) is 70.3 Å². The Bertz CT molecular complexity index is 736. The summed E-state index contributed by atoms with van der Waals surface area (Å²) in [4.78, 5) is 0. The van der Waals surface area contributed by atoms with E-state index in [0.29, 0.717) is 0 Å². The SMILES string of the molecule is Ic1ccc(N=Nc2ccccc2)c2ccccc12. The molecule has 0 atom stereocenters. The molecule has 0 amide bonds. The summed E-state index contributed by atoms with van der Waals surface area (Å²) in [6.07, 6.45) is 0. The van der Waals surface area contributed by atoms with Crippen LogP contribution in [0.2, 0.25) is 0 Å². The van der Waals surface area contributed by atoms with Gasteiger partial charge in [0, 0.05) is 8.96 Å². The molecule has 92 valence electrons. The molecule has 0 bridgehead atoms. The lowest BCUT2D eigenvalue weighted by Gasteiger charge is -2.03. The van der Waals surface area contributed by atoms with Crippen LogP contribution < -0.4 is 0 Å². The number of fused-ring (bicyclic) bond motifs is 1. The van der Waals surface area contributed by atoms with Crippen molar-refractivity contribution in [2.75, 3.05) is 0 Å². The molecule has 0 aliphatic carbocycles. The summed E-state index contributed by atoms with van der Waals surface area (Å²) in [5, 5.41) is 11.0. The van der Waals surface area contributed by atoms with Gasteiger partial charge in [-0.15, -0.1) is 5.11 Å². The molecule has 0 aliphatic heterocycles. The van der Waals surface area contributed by atoms with E-state index in [0.717, 1.165) is 16.8 Å². The van der Waals surface area contributed by atoms with E-state index in [-0.39, 0.29) is 0 Å². The zero-order valence-electron chi connectivity index (χ0n) is 10.1. The van der Waals surface area contributed by atoms with Gasteiger partial charge < -0.3 is 0 Å². The van der Waals surface area contributed by atoms with Gasteiger partial charge in [-0.05, 0) is 52.2 Å². The van der Waals surface area contributed by atoms with Crippen LogP contribution in [0.1, 0.15) is 0 Å². The van der Waals surface area contributed by atoms with Crippen LogP contribution >= 0.6 is 22.6 Å². The summed E-state index contributed by atoms with van der Waals surface area (Å²) < 4.78 is 1.23. The highest BCUT2D eigenvalue weighted by molar-refractivity contribution is 14.1. The molecular weight excluding hydrogens is 347 g/mol. The monoisotopic (exact) mass is 358 g/mol. The Kier molecular flexibility index (Phi) is 3.55. The number of rotatable bonds is 2. The van der Waals surface area contributed by atoms with Crippen molar-refractivity contribution in [2.45, 2.75) is 0 Å². The minimum Gasteiger partial charge on any atom is -0.151 e. The Balaban J connectivity index is 2.07. The molecule has 3 heteroatoms. The van der Waals surface area contributed by atoms with Gasteiger partial charge in [-0.1, -0.05) is 42.5 Å². The van der Waals surface area contributed by atoms with Crippen molar-refractivity contribution in [3.8, 4) is 0 Å². The predicted molar refractivity (Wildman–Crippen MR) is 87.3 cm³/mol. The van der Waals surface area contributed by atoms with E-state index in [4.69, 9.17) is 0 Å². The maximum absolute atomic E-state index is 4.37. The second-order valence-electron chi connectivity index (χ2n) is 4.15. The van der Waals surface area contributed by atoms with Crippen molar-refractivity contribution >= 4 is 44.7 Å². The summed E-state index contributed by atoms with van der Waals surface area (Å²) in [6, 6.07) is 22.1. The molecule has 0 aliphatic rings. The number of hydrogen-bond acceptors (Lipinski definition) is 2. The molecule has 3 rings (SSSR count). The van der Waals surface area contributed by atoms with Crippen LogP contribution in [0.3, 0.4) is 0 Å². The maximum Gasteiger partial charge on any atom is 0.0936 e. The fraction of sp³-hybridized carbons (Fsp3) is 0. The molecule has 0 spiro atoms. The molecule has 0 radical (unpaired) electrons. The summed E-state index contributed by atoms with van der Waals surface area (Å²) in [6.45, 7) is 0. The van der Waals surface area contributed by atoms with Crippen molar-refractivity contribution in [3.63, 3.8) is 0 Å². The summed E-state index contributed by atoms with van der Waals surface area (Å²) in [5.41, 5.74) is 1.77. The lowest BCUT2D eigenvalue weighted by atomic mass is 10.1. The third-order valence-corrected chi connectivity index (χ3v) is 3.82. The van der Waals surface area contributed by atoms with Crippen LogP contribution in [-0.2, 0) is 0 Å². The number of nitrogens with zero attached hydrogens (tertiary/aromatic N) is 2. The van der Waals surface area contributed by atoms with E-state index >= 15 is 0 Å². The molecular formula is C16H11IN2. The fourth-order valence-electron chi connectivity index (χ4n) is 1.94. The van der Waals surface area contributed by atoms with Crippen molar-refractivity contribution < 1.29 is 0 Å². The van der Waals surface area contributed by atoms with E-state index in [1.165, 1.54) is 8.96 Å². The number of halogens is 1. The van der Waals surface area contributed by atoms with Crippen molar-refractivity contribution in [1.82, 2.24) is 0 Å². The Hall–Kier alpha value is -1.75. The number of benzene rings is 3. The summed E-state index contributed by atoms with van der Waals surface area (Å²) >= 11 is 2.34. The van der Waals surface area contributed by atoms with E-state index in [1.807, 2.05) is 48.5 Å². The molecule has 0 N–H and O–H groups in total. The van der Waals surface area contributed by atoms with Gasteiger partial charge in [-0.2, -0.15) is 5.11 Å². The Morgan fingerprint density at radius 3 is 2.11 bits per heavy atom. The van der Waals surface area contributed by atoms with Crippen LogP contribution in [0.15, 0.2) is 77.0 Å². The second kappa shape index (κ2) is 5.48. The van der Waals surface area contributed by atoms with Gasteiger partial charge in [-0.3, -0.25) is 0 Å². The highest BCUT2D eigenvalue weighted by Crippen LogP contribution is 2.30. The Labute approximate surface area is 125 Å². The first-order chi connectivity index (χ1) is 9.34. The molecule has 0 saturated heterocycles. The summed E-state index contributed by atoms with van der Waals surface area (Å²) in [7, 11) is 0. The molecule has 0 heterocycles. The first-order valence-electron chi connectivity index (χ1n) is 5.98. The van der Waals surface area contributed by atoms with Crippen LogP contribution in [0.5, 0.6) is 0 Å². The second-order valence-corrected chi connectivity index (χ2v) is 5.31. The molecule has 0 fully saturated rings. The third kappa shape index (κ3) is 2.66. The molecule has 3 aromatic rings. The predicted octanol–water partition coefficient (Wildman–Crippen LogP) is 5.86. The quantitative estimate of drug-likeness (QED) is 0.405. The number of azo groups is 1. The Morgan fingerprint density at radius 2 is 1.32 bits per heavy atom. The van der Waals surface area contributed by atoms with Gasteiger partial charge in [0.1, 0.15) is 0 Å². The van der Waals surface area contributed by atoms with Crippen LogP contribution in [0.25, 0.3) is 10.8 Å². The third-order valence-electron chi connectivity index (χ3n) is 2.88. The first-order valence-corrected chi connectivity index (χ1v) is 7.06. The van der Waals surface area contributed by atoms with Gasteiger partial charge in [-0.25, -0.2) is 0 Å². The molecule has 3 aromatic carbocycles. The van der Waals surface area contributed by atoms with Crippen LogP contribution in [-0.4, -0.2) is 0 Å². The highest BCUT2D eigenvalue weighted by Gasteiger charge is 2.02. The molecule has 19 heavy (non-hydrogen) atoms. The Morgan fingerprint density at radius 1 is 0.632 bits per heavy atom. The summed E-state index contributed by atoms with van der Waals surface area (Å²) in [5.74, 6) is 0. The lowest BCUT2D eigenvalue weighted by molar-refractivity contribution is 1.24. The minimum absolute atomic E-state index is 0.866. The standard InChI is InChI=1S/C16H11IN2/c17-15-10-11-16(14-9-5-4-8-13(14)15)19-18-12-6-2-1-3-7-12/h1-11H. The number of hydrogen-bond donors (Lipinski definition) is 0. The van der Waals surface area contributed by atoms with Gasteiger partial charge >= 0.3 is 0 Å². The average molecular weight is 358 g/mol. The fourth-order valence-corrected chi connectivity index (χ4v) is 2.59. The lowest BCUT2D eigenvalue weighted by Crippen LogP contribution is -1.77. The van der Waals surface area contributed by atoms with Gasteiger partial charge in [0.25, 0.3) is 0 Å². The van der Waals surface area contributed by atoms with Gasteiger partial charge in [0.05, 0.1) is 11.4 Å². The topological polar surface area (TPSA) is 24.7 Å². The molecule has 0 aromatic heterocycles. The zero-order valence-corrected chi connectivity index (χ0v) is 12.3. The van der Waals surface area contributed by atoms with E-state index in [9.17, 15) is 0 Å². The molecule has 0 saturated carbocycles. The van der Waals surface area contributed by atoms with E-state index in [1.54, 1.807) is 0 Å². The largest absolute Gasteiger partial charge is 0.151 e. The van der Waals surface area contributed by atoms with Gasteiger partial charge in [0.2, 0.25) is 0 Å². The van der Waals surface area contributed by atoms with E-state index < -0.39 is 0 Å². The zero-order chi connectivity index (χ0) is 13.1. The van der Waals surface area contributed by atoms with Crippen LogP contribution in [0.4, 0.5) is 11.4 Å². The van der Waals surface area contributed by atoms with Crippen molar-refractivity contribution in [2.24, 2.45) is 10.2 Å².